The van der Waals surface area contributed by atoms with Crippen molar-refractivity contribution in [2.45, 2.75) is 64.5 Å². The van der Waals surface area contributed by atoms with Gasteiger partial charge in [-0.15, -0.1) is 0 Å². The Labute approximate surface area is 194 Å². The summed E-state index contributed by atoms with van der Waals surface area (Å²) in [6.07, 6.45) is 6.00. The molecule has 0 saturated heterocycles. The maximum Gasteiger partial charge on any atom is 0.416 e. The van der Waals surface area contributed by atoms with Crippen LogP contribution >= 0.6 is 0 Å². The number of hydrogen-bond acceptors (Lipinski definition) is 2. The average molecular weight is 464 g/mol. The first-order valence-electron chi connectivity index (χ1n) is 12.5. The molecule has 0 bridgehead atoms. The van der Waals surface area contributed by atoms with E-state index in [1.165, 1.54) is 44.6 Å². The number of amidine groups is 1. The fourth-order valence-electron chi connectivity index (χ4n) is 6.35. The Morgan fingerprint density at radius 1 is 1.09 bits per heavy atom. The van der Waals surface area contributed by atoms with Crippen molar-refractivity contribution in [3.63, 3.8) is 0 Å². The highest BCUT2D eigenvalue weighted by molar-refractivity contribution is 5.99. The van der Waals surface area contributed by atoms with Crippen LogP contribution < -0.4 is 10.6 Å². The molecule has 3 fully saturated rings. The molecule has 4 rings (SSSR count). The Morgan fingerprint density at radius 3 is 2.55 bits per heavy atom. The highest BCUT2D eigenvalue weighted by atomic mass is 19.4. The van der Waals surface area contributed by atoms with Gasteiger partial charge in [-0.05, 0) is 67.1 Å². The zero-order valence-corrected chi connectivity index (χ0v) is 19.6. The van der Waals surface area contributed by atoms with Crippen LogP contribution in [-0.2, 0) is 11.0 Å². The van der Waals surface area contributed by atoms with Gasteiger partial charge in [-0.2, -0.15) is 13.2 Å². The van der Waals surface area contributed by atoms with Crippen molar-refractivity contribution in [1.29, 1.82) is 0 Å². The van der Waals surface area contributed by atoms with E-state index in [2.05, 4.69) is 22.5 Å². The number of benzene rings is 1. The van der Waals surface area contributed by atoms with Crippen molar-refractivity contribution in [2.75, 3.05) is 18.9 Å². The fourth-order valence-corrected chi connectivity index (χ4v) is 6.35. The standard InChI is InChI=1S/C26H36F3N3O/c1-16(17-7-4-3-5-8-17)18-11-12-21-22(13-18)24(21)25(33)31-15-23(30-2)32-20-10-6-9-19(14-20)26(27,28)29/h6,9-10,14,16-18,21-22,24H,3-5,7-8,11-13,15H2,1-2H3,(H,30,32)(H,31,33). The maximum absolute atomic E-state index is 13.0. The van der Waals surface area contributed by atoms with Crippen molar-refractivity contribution in [2.24, 2.45) is 40.5 Å². The summed E-state index contributed by atoms with van der Waals surface area (Å²) in [5.41, 5.74) is -0.412. The molecule has 182 valence electrons. The maximum atomic E-state index is 13.0. The third kappa shape index (κ3) is 5.72. The van der Waals surface area contributed by atoms with E-state index in [1.807, 2.05) is 0 Å². The summed E-state index contributed by atoms with van der Waals surface area (Å²) in [4.78, 5) is 17.0. The number of carbonyl (C=O) groups is 1. The summed E-state index contributed by atoms with van der Waals surface area (Å²) in [6, 6.07) is 5.00. The Hall–Kier alpha value is -2.05. The minimum atomic E-state index is -4.40. The van der Waals surface area contributed by atoms with Crippen molar-refractivity contribution < 1.29 is 18.0 Å². The number of anilines is 1. The lowest BCUT2D eigenvalue weighted by atomic mass is 9.70. The van der Waals surface area contributed by atoms with E-state index < -0.39 is 11.7 Å². The highest BCUT2D eigenvalue weighted by Crippen LogP contribution is 2.58. The molecular formula is C26H36F3N3O. The second-order valence-corrected chi connectivity index (χ2v) is 10.3. The predicted octanol–water partition coefficient (Wildman–Crippen LogP) is 6.14. The van der Waals surface area contributed by atoms with Gasteiger partial charge in [0.2, 0.25) is 5.91 Å². The summed E-state index contributed by atoms with van der Waals surface area (Å²) < 4.78 is 38.9. The zero-order chi connectivity index (χ0) is 23.6. The number of halogens is 3. The van der Waals surface area contributed by atoms with Crippen LogP contribution in [0.25, 0.3) is 0 Å². The van der Waals surface area contributed by atoms with E-state index in [-0.39, 0.29) is 18.4 Å². The van der Waals surface area contributed by atoms with E-state index in [4.69, 9.17) is 0 Å². The molecule has 5 unspecified atom stereocenters. The van der Waals surface area contributed by atoms with Gasteiger partial charge in [0.15, 0.2) is 0 Å². The van der Waals surface area contributed by atoms with Crippen LogP contribution in [0.15, 0.2) is 29.3 Å². The van der Waals surface area contributed by atoms with Crippen molar-refractivity contribution in [3.8, 4) is 0 Å². The van der Waals surface area contributed by atoms with Gasteiger partial charge in [0.05, 0.1) is 12.1 Å². The molecule has 4 nitrogen and oxygen atoms in total. The quantitative estimate of drug-likeness (QED) is 0.393. The van der Waals surface area contributed by atoms with Gasteiger partial charge in [-0.1, -0.05) is 45.1 Å². The third-order valence-corrected chi connectivity index (χ3v) is 8.40. The summed E-state index contributed by atoms with van der Waals surface area (Å²) >= 11 is 0. The number of nitrogens with one attached hydrogen (secondary N) is 2. The molecule has 1 amide bonds. The predicted molar refractivity (Wildman–Crippen MR) is 125 cm³/mol. The van der Waals surface area contributed by atoms with Crippen LogP contribution in [0.4, 0.5) is 18.9 Å². The third-order valence-electron chi connectivity index (χ3n) is 8.40. The largest absolute Gasteiger partial charge is 0.416 e. The van der Waals surface area contributed by atoms with E-state index in [1.54, 1.807) is 13.1 Å². The number of hydrogen-bond donors (Lipinski definition) is 2. The second-order valence-electron chi connectivity index (χ2n) is 10.3. The molecule has 0 aromatic heterocycles. The van der Waals surface area contributed by atoms with Gasteiger partial charge in [0.1, 0.15) is 5.84 Å². The highest BCUT2D eigenvalue weighted by Gasteiger charge is 2.57. The minimum Gasteiger partial charge on any atom is -0.349 e. The first kappa shape index (κ1) is 24.1. The topological polar surface area (TPSA) is 53.5 Å². The molecule has 3 saturated carbocycles. The van der Waals surface area contributed by atoms with Gasteiger partial charge >= 0.3 is 6.18 Å². The first-order valence-corrected chi connectivity index (χ1v) is 12.5. The molecule has 0 spiro atoms. The SMILES string of the molecule is CN=C(CNC(=O)C1C2CCC(C(C)C3CCCCC3)CC21)Nc1cccc(C(F)(F)F)c1. The lowest BCUT2D eigenvalue weighted by molar-refractivity contribution is -0.137. The van der Waals surface area contributed by atoms with Crippen molar-refractivity contribution in [3.05, 3.63) is 29.8 Å². The summed E-state index contributed by atoms with van der Waals surface area (Å²) in [5.74, 6) is 3.93. The van der Waals surface area contributed by atoms with Gasteiger partial charge in [-0.3, -0.25) is 9.79 Å². The molecular weight excluding hydrogens is 427 g/mol. The fraction of sp³-hybridized carbons (Fsp3) is 0.692. The van der Waals surface area contributed by atoms with E-state index in [0.29, 0.717) is 23.4 Å². The lowest BCUT2D eigenvalue weighted by Crippen LogP contribution is -2.34. The molecule has 7 heteroatoms. The monoisotopic (exact) mass is 463 g/mol. The Bertz CT molecular complexity index is 863. The van der Waals surface area contributed by atoms with Crippen LogP contribution in [-0.4, -0.2) is 25.3 Å². The molecule has 5 atom stereocenters. The van der Waals surface area contributed by atoms with Gasteiger partial charge in [-0.25, -0.2) is 0 Å². The number of rotatable bonds is 6. The summed E-state index contributed by atoms with van der Waals surface area (Å²) in [5, 5.41) is 5.88. The molecule has 0 radical (unpaired) electrons. The second kappa shape index (κ2) is 10.1. The van der Waals surface area contributed by atoms with Crippen LogP contribution in [0.1, 0.15) is 63.9 Å². The molecule has 33 heavy (non-hydrogen) atoms. The number of alkyl halides is 3. The van der Waals surface area contributed by atoms with Gasteiger partial charge in [0.25, 0.3) is 0 Å². The summed E-state index contributed by atoms with van der Waals surface area (Å²) in [7, 11) is 1.57. The van der Waals surface area contributed by atoms with E-state index in [0.717, 1.165) is 42.7 Å². The Kier molecular flexibility index (Phi) is 7.34. The zero-order valence-electron chi connectivity index (χ0n) is 19.6. The molecule has 2 N–H and O–H groups in total. The molecule has 0 heterocycles. The van der Waals surface area contributed by atoms with Crippen molar-refractivity contribution >= 4 is 17.4 Å². The first-order chi connectivity index (χ1) is 15.8. The molecule has 3 aliphatic rings. The number of fused-ring (bicyclic) bond motifs is 1. The number of carbonyl (C=O) groups excluding carboxylic acids is 1. The van der Waals surface area contributed by atoms with E-state index >= 15 is 0 Å². The molecule has 3 aliphatic carbocycles. The molecule has 1 aromatic rings. The van der Waals surface area contributed by atoms with Crippen LogP contribution in [0.2, 0.25) is 0 Å². The van der Waals surface area contributed by atoms with E-state index in [9.17, 15) is 18.0 Å². The molecule has 0 aliphatic heterocycles. The van der Waals surface area contributed by atoms with Crippen molar-refractivity contribution in [1.82, 2.24) is 5.32 Å². The van der Waals surface area contributed by atoms with Crippen LogP contribution in [0, 0.1) is 35.5 Å². The average Bonchev–Trinajstić information content (AvgIpc) is 3.55. The van der Waals surface area contributed by atoms with Gasteiger partial charge in [0, 0.05) is 18.7 Å². The smallest absolute Gasteiger partial charge is 0.349 e. The number of amides is 1. The van der Waals surface area contributed by atoms with Gasteiger partial charge < -0.3 is 10.6 Å². The normalized spacial score (nSPS) is 29.2. The number of aliphatic imine (C=N–C) groups is 1. The Balaban J connectivity index is 1.26. The summed E-state index contributed by atoms with van der Waals surface area (Å²) in [6.45, 7) is 2.62. The van der Waals surface area contributed by atoms with Crippen LogP contribution in [0.3, 0.4) is 0 Å². The molecule has 1 aromatic carbocycles. The Morgan fingerprint density at radius 2 is 1.85 bits per heavy atom. The number of nitrogens with zero attached hydrogens (tertiary/aromatic N) is 1. The lowest BCUT2D eigenvalue weighted by Gasteiger charge is -2.35. The van der Waals surface area contributed by atoms with Crippen LogP contribution in [0.5, 0.6) is 0 Å². The minimum absolute atomic E-state index is 0.0583.